The van der Waals surface area contributed by atoms with Gasteiger partial charge in [-0.1, -0.05) is 6.07 Å². The molecule has 0 aromatic heterocycles. The second kappa shape index (κ2) is 3.71. The third-order valence-electron chi connectivity index (χ3n) is 1.61. The summed E-state index contributed by atoms with van der Waals surface area (Å²) in [6.45, 7) is 0. The number of hydrogen-bond acceptors (Lipinski definition) is 5. The zero-order valence-corrected chi connectivity index (χ0v) is 6.93. The number of hydrazine groups is 1. The van der Waals surface area contributed by atoms with E-state index in [1.54, 1.807) is 0 Å². The van der Waals surface area contributed by atoms with Gasteiger partial charge in [0.25, 0.3) is 5.69 Å². The number of nitro groups is 1. The van der Waals surface area contributed by atoms with E-state index in [0.717, 1.165) is 0 Å². The summed E-state index contributed by atoms with van der Waals surface area (Å²) in [4.78, 5) is 20.4. The zero-order valence-electron chi connectivity index (χ0n) is 6.93. The number of nitrogens with one attached hydrogen (secondary N) is 1. The van der Waals surface area contributed by atoms with E-state index >= 15 is 0 Å². The lowest BCUT2D eigenvalue weighted by atomic mass is 10.1. The van der Waals surface area contributed by atoms with Gasteiger partial charge in [0.1, 0.15) is 5.69 Å². The van der Waals surface area contributed by atoms with Crippen LogP contribution in [-0.4, -0.2) is 16.0 Å². The Hall–Kier alpha value is -2.15. The second-order valence-electron chi connectivity index (χ2n) is 2.41. The number of nitrogen functional groups attached to an aromatic ring is 1. The minimum Gasteiger partial charge on any atom is -0.478 e. The first-order valence-electron chi connectivity index (χ1n) is 3.55. The van der Waals surface area contributed by atoms with Gasteiger partial charge in [0.05, 0.1) is 10.5 Å². The summed E-state index contributed by atoms with van der Waals surface area (Å²) in [5.41, 5.74) is 1.20. The number of rotatable bonds is 3. The fourth-order valence-electron chi connectivity index (χ4n) is 1.02. The molecule has 1 rings (SSSR count). The van der Waals surface area contributed by atoms with E-state index in [-0.39, 0.29) is 16.9 Å². The number of hydrogen-bond donors (Lipinski definition) is 3. The third kappa shape index (κ3) is 1.62. The van der Waals surface area contributed by atoms with E-state index in [9.17, 15) is 14.9 Å². The standard InChI is InChI=1S/C7H7N3O4/c8-9-6-4(7(11)12)2-1-3-5(6)10(13)14/h1-3,9H,8H2,(H,11,12). The third-order valence-corrected chi connectivity index (χ3v) is 1.61. The van der Waals surface area contributed by atoms with Crippen LogP contribution < -0.4 is 11.3 Å². The molecule has 0 saturated carbocycles. The fourth-order valence-corrected chi connectivity index (χ4v) is 1.02. The summed E-state index contributed by atoms with van der Waals surface area (Å²) >= 11 is 0. The van der Waals surface area contributed by atoms with Crippen LogP contribution >= 0.6 is 0 Å². The predicted molar refractivity (Wildman–Crippen MR) is 47.9 cm³/mol. The molecule has 0 radical (unpaired) electrons. The van der Waals surface area contributed by atoms with Crippen LogP contribution in [0.15, 0.2) is 18.2 Å². The Morgan fingerprint density at radius 2 is 2.21 bits per heavy atom. The Labute approximate surface area is 78.3 Å². The molecule has 0 bridgehead atoms. The highest BCUT2D eigenvalue weighted by Crippen LogP contribution is 2.26. The summed E-state index contributed by atoms with van der Waals surface area (Å²) in [5.74, 6) is 3.73. The fraction of sp³-hybridized carbons (Fsp3) is 0. The number of carbonyl (C=O) groups is 1. The molecule has 0 atom stereocenters. The number of anilines is 1. The number of nitrogens with two attached hydrogens (primary N) is 1. The van der Waals surface area contributed by atoms with Crippen molar-refractivity contribution in [3.8, 4) is 0 Å². The van der Waals surface area contributed by atoms with Crippen LogP contribution in [0.2, 0.25) is 0 Å². The van der Waals surface area contributed by atoms with Crippen molar-refractivity contribution in [1.29, 1.82) is 0 Å². The Morgan fingerprint density at radius 3 is 2.64 bits per heavy atom. The van der Waals surface area contributed by atoms with Gasteiger partial charge in [-0.15, -0.1) is 0 Å². The zero-order chi connectivity index (χ0) is 10.7. The van der Waals surface area contributed by atoms with Crippen LogP contribution in [0.4, 0.5) is 11.4 Å². The second-order valence-corrected chi connectivity index (χ2v) is 2.41. The largest absolute Gasteiger partial charge is 0.478 e. The SMILES string of the molecule is NNc1c(C(=O)O)cccc1[N+](=O)[O-]. The normalized spacial score (nSPS) is 9.50. The molecule has 0 amide bonds. The van der Waals surface area contributed by atoms with Crippen LogP contribution in [0.1, 0.15) is 10.4 Å². The van der Waals surface area contributed by atoms with Gasteiger partial charge >= 0.3 is 5.97 Å². The van der Waals surface area contributed by atoms with Crippen LogP contribution in [-0.2, 0) is 0 Å². The highest BCUT2D eigenvalue weighted by Gasteiger charge is 2.19. The van der Waals surface area contributed by atoms with Gasteiger partial charge in [0.15, 0.2) is 0 Å². The molecule has 4 N–H and O–H groups in total. The molecule has 7 nitrogen and oxygen atoms in total. The molecule has 14 heavy (non-hydrogen) atoms. The molecule has 0 aliphatic rings. The van der Waals surface area contributed by atoms with Crippen LogP contribution in [0.3, 0.4) is 0 Å². The lowest BCUT2D eigenvalue weighted by Crippen LogP contribution is -2.13. The van der Waals surface area contributed by atoms with Gasteiger partial charge in [0, 0.05) is 6.07 Å². The molecular weight excluding hydrogens is 190 g/mol. The Balaban J connectivity index is 3.39. The number of nitrogens with zero attached hydrogens (tertiary/aromatic N) is 1. The first kappa shape index (κ1) is 9.93. The van der Waals surface area contributed by atoms with Gasteiger partial charge in [-0.05, 0) is 6.07 Å². The van der Waals surface area contributed by atoms with E-state index < -0.39 is 10.9 Å². The van der Waals surface area contributed by atoms with Crippen molar-refractivity contribution in [2.45, 2.75) is 0 Å². The molecule has 0 aliphatic carbocycles. The Kier molecular flexibility index (Phi) is 2.63. The van der Waals surface area contributed by atoms with Crippen molar-refractivity contribution in [3.05, 3.63) is 33.9 Å². The molecule has 74 valence electrons. The van der Waals surface area contributed by atoms with Crippen molar-refractivity contribution >= 4 is 17.3 Å². The molecule has 0 fully saturated rings. The van der Waals surface area contributed by atoms with Gasteiger partial charge in [-0.25, -0.2) is 4.79 Å². The number of para-hydroxylation sites is 1. The maximum Gasteiger partial charge on any atom is 0.338 e. The van der Waals surface area contributed by atoms with E-state index in [2.05, 4.69) is 0 Å². The van der Waals surface area contributed by atoms with Crippen molar-refractivity contribution in [2.24, 2.45) is 5.84 Å². The van der Waals surface area contributed by atoms with Crippen molar-refractivity contribution in [3.63, 3.8) is 0 Å². The van der Waals surface area contributed by atoms with Crippen LogP contribution in [0.25, 0.3) is 0 Å². The molecule has 0 spiro atoms. The van der Waals surface area contributed by atoms with Gasteiger partial charge in [0.2, 0.25) is 0 Å². The number of carboxylic acids is 1. The summed E-state index contributed by atoms with van der Waals surface area (Å²) in [5, 5.41) is 19.2. The average Bonchev–Trinajstić information content (AvgIpc) is 2.16. The lowest BCUT2D eigenvalue weighted by molar-refractivity contribution is -0.384. The number of carboxylic acid groups (broad SMARTS) is 1. The highest BCUT2D eigenvalue weighted by atomic mass is 16.6. The van der Waals surface area contributed by atoms with Crippen LogP contribution in [0.5, 0.6) is 0 Å². The van der Waals surface area contributed by atoms with Crippen molar-refractivity contribution in [2.75, 3.05) is 5.43 Å². The van der Waals surface area contributed by atoms with Gasteiger partial charge < -0.3 is 10.5 Å². The molecule has 1 aromatic carbocycles. The summed E-state index contributed by atoms with van der Waals surface area (Å²) in [7, 11) is 0. The number of aromatic carboxylic acids is 1. The number of nitro benzene ring substituents is 1. The minimum atomic E-state index is -1.28. The van der Waals surface area contributed by atoms with E-state index in [4.69, 9.17) is 10.9 Å². The first-order valence-corrected chi connectivity index (χ1v) is 3.55. The maximum atomic E-state index is 10.6. The molecule has 0 saturated heterocycles. The van der Waals surface area contributed by atoms with Crippen molar-refractivity contribution < 1.29 is 14.8 Å². The van der Waals surface area contributed by atoms with Gasteiger partial charge in [-0.2, -0.15) is 0 Å². The Bertz CT molecular complexity index is 358. The average molecular weight is 197 g/mol. The molecule has 7 heteroatoms. The van der Waals surface area contributed by atoms with Crippen LogP contribution in [0, 0.1) is 10.1 Å². The predicted octanol–water partition coefficient (Wildman–Crippen LogP) is 0.579. The van der Waals surface area contributed by atoms with E-state index in [1.807, 2.05) is 5.43 Å². The summed E-state index contributed by atoms with van der Waals surface area (Å²) < 4.78 is 0. The molecule has 1 aromatic rings. The van der Waals surface area contributed by atoms with Gasteiger partial charge in [-0.3, -0.25) is 16.0 Å². The van der Waals surface area contributed by atoms with Crippen molar-refractivity contribution in [1.82, 2.24) is 0 Å². The summed E-state index contributed by atoms with van der Waals surface area (Å²) in [6.07, 6.45) is 0. The quantitative estimate of drug-likeness (QED) is 0.370. The molecule has 0 unspecified atom stereocenters. The lowest BCUT2D eigenvalue weighted by Gasteiger charge is -2.04. The topological polar surface area (TPSA) is 118 Å². The summed E-state index contributed by atoms with van der Waals surface area (Å²) in [6, 6.07) is 3.68. The molecule has 0 heterocycles. The smallest absolute Gasteiger partial charge is 0.338 e. The molecule has 0 aliphatic heterocycles. The first-order chi connectivity index (χ1) is 6.57. The minimum absolute atomic E-state index is 0.204. The highest BCUT2D eigenvalue weighted by molar-refractivity contribution is 5.96. The molecular formula is C7H7N3O4. The monoisotopic (exact) mass is 197 g/mol. The maximum absolute atomic E-state index is 10.6. The Morgan fingerprint density at radius 1 is 1.57 bits per heavy atom. The van der Waals surface area contributed by atoms with E-state index in [0.29, 0.717) is 0 Å². The number of benzene rings is 1. The van der Waals surface area contributed by atoms with E-state index in [1.165, 1.54) is 18.2 Å².